The van der Waals surface area contributed by atoms with Gasteiger partial charge in [0.05, 0.1) is 11.6 Å². The van der Waals surface area contributed by atoms with Gasteiger partial charge in [-0.05, 0) is 42.7 Å². The summed E-state index contributed by atoms with van der Waals surface area (Å²) in [5.74, 6) is -1.70. The minimum atomic E-state index is -0.826. The summed E-state index contributed by atoms with van der Waals surface area (Å²) in [5, 5.41) is 6.75. The SMILES string of the molecule is O=C1N[C@]2(C[C@@H]3CC[C@@H]2N3Cc2ccc(F)c(F)c2)Nc2ccccc21. The van der Waals surface area contributed by atoms with Gasteiger partial charge in [0.2, 0.25) is 0 Å². The van der Waals surface area contributed by atoms with E-state index in [4.69, 9.17) is 0 Å². The lowest BCUT2D eigenvalue weighted by atomic mass is 9.86. The Kier molecular flexibility index (Phi) is 3.34. The third-order valence-electron chi connectivity index (χ3n) is 5.98. The number of amides is 1. The third kappa shape index (κ3) is 2.25. The van der Waals surface area contributed by atoms with Crippen molar-refractivity contribution in [1.29, 1.82) is 0 Å². The van der Waals surface area contributed by atoms with Crippen LogP contribution >= 0.6 is 0 Å². The molecule has 0 aliphatic carbocycles. The fourth-order valence-corrected chi connectivity index (χ4v) is 4.88. The zero-order chi connectivity index (χ0) is 17.9. The lowest BCUT2D eigenvalue weighted by Crippen LogP contribution is -2.64. The largest absolute Gasteiger partial charge is 0.361 e. The number of hydrogen-bond donors (Lipinski definition) is 2. The molecule has 4 nitrogen and oxygen atoms in total. The highest BCUT2D eigenvalue weighted by Crippen LogP contribution is 2.47. The minimum absolute atomic E-state index is 0.0559. The summed E-state index contributed by atoms with van der Waals surface area (Å²) < 4.78 is 26.8. The molecule has 3 aliphatic heterocycles. The molecule has 1 amide bonds. The summed E-state index contributed by atoms with van der Waals surface area (Å²) in [7, 11) is 0. The number of fused-ring (bicyclic) bond motifs is 4. The predicted octanol–water partition coefficient (Wildman–Crippen LogP) is 3.25. The number of nitrogens with zero attached hydrogens (tertiary/aromatic N) is 1. The van der Waals surface area contributed by atoms with Crippen LogP contribution in [-0.2, 0) is 6.54 Å². The Balaban J connectivity index is 1.44. The predicted molar refractivity (Wildman–Crippen MR) is 93.6 cm³/mol. The first-order chi connectivity index (χ1) is 12.6. The Labute approximate surface area is 150 Å². The minimum Gasteiger partial charge on any atom is -0.361 e. The number of para-hydroxylation sites is 1. The highest BCUT2D eigenvalue weighted by Gasteiger charge is 2.58. The summed E-state index contributed by atoms with van der Waals surface area (Å²) in [4.78, 5) is 14.9. The van der Waals surface area contributed by atoms with Crippen molar-refractivity contribution in [2.45, 2.75) is 43.6 Å². The molecule has 2 fully saturated rings. The van der Waals surface area contributed by atoms with Gasteiger partial charge in [0.1, 0.15) is 5.66 Å². The first-order valence-corrected chi connectivity index (χ1v) is 8.95. The van der Waals surface area contributed by atoms with E-state index in [1.54, 1.807) is 6.07 Å². The van der Waals surface area contributed by atoms with Gasteiger partial charge >= 0.3 is 0 Å². The molecule has 0 unspecified atom stereocenters. The molecular weight excluding hydrogens is 336 g/mol. The summed E-state index contributed by atoms with van der Waals surface area (Å²) in [5.41, 5.74) is 1.78. The van der Waals surface area contributed by atoms with Gasteiger partial charge < -0.3 is 10.6 Å². The number of benzene rings is 2. The van der Waals surface area contributed by atoms with Crippen LogP contribution in [0.25, 0.3) is 0 Å². The van der Waals surface area contributed by atoms with Crippen LogP contribution in [0.3, 0.4) is 0 Å². The van der Waals surface area contributed by atoms with E-state index in [1.807, 2.05) is 24.3 Å². The Morgan fingerprint density at radius 3 is 2.77 bits per heavy atom. The Hall–Kier alpha value is -2.47. The second-order valence-electron chi connectivity index (χ2n) is 7.47. The average molecular weight is 355 g/mol. The highest BCUT2D eigenvalue weighted by molar-refractivity contribution is 6.02. The van der Waals surface area contributed by atoms with Crippen LogP contribution in [0.2, 0.25) is 0 Å². The van der Waals surface area contributed by atoms with Crippen LogP contribution < -0.4 is 10.6 Å². The van der Waals surface area contributed by atoms with E-state index in [0.717, 1.165) is 30.5 Å². The quantitative estimate of drug-likeness (QED) is 0.869. The fraction of sp³-hybridized carbons (Fsp3) is 0.350. The molecule has 26 heavy (non-hydrogen) atoms. The van der Waals surface area contributed by atoms with Gasteiger partial charge in [-0.25, -0.2) is 8.78 Å². The van der Waals surface area contributed by atoms with Crippen LogP contribution in [0.5, 0.6) is 0 Å². The van der Waals surface area contributed by atoms with Crippen molar-refractivity contribution >= 4 is 11.6 Å². The van der Waals surface area contributed by atoms with Gasteiger partial charge in [-0.3, -0.25) is 9.69 Å². The Morgan fingerprint density at radius 1 is 1.08 bits per heavy atom. The van der Waals surface area contributed by atoms with Crippen LogP contribution in [-0.4, -0.2) is 28.6 Å². The molecule has 2 bridgehead atoms. The van der Waals surface area contributed by atoms with E-state index >= 15 is 0 Å². The smallest absolute Gasteiger partial charge is 0.255 e. The zero-order valence-electron chi connectivity index (χ0n) is 14.1. The second-order valence-corrected chi connectivity index (χ2v) is 7.47. The lowest BCUT2D eigenvalue weighted by molar-refractivity contribution is 0.0870. The second kappa shape index (κ2) is 5.51. The molecule has 2 aromatic carbocycles. The molecule has 5 rings (SSSR count). The molecule has 0 radical (unpaired) electrons. The number of rotatable bonds is 2. The van der Waals surface area contributed by atoms with Gasteiger partial charge in [0, 0.05) is 24.7 Å². The van der Waals surface area contributed by atoms with Gasteiger partial charge in [-0.2, -0.15) is 0 Å². The molecule has 2 N–H and O–H groups in total. The van der Waals surface area contributed by atoms with E-state index in [1.165, 1.54) is 12.1 Å². The monoisotopic (exact) mass is 355 g/mol. The molecular formula is C20H19F2N3O. The third-order valence-corrected chi connectivity index (χ3v) is 5.98. The van der Waals surface area contributed by atoms with Crippen molar-refractivity contribution in [1.82, 2.24) is 10.2 Å². The number of nitrogens with one attached hydrogen (secondary N) is 2. The number of anilines is 1. The van der Waals surface area contributed by atoms with Gasteiger partial charge in [-0.15, -0.1) is 0 Å². The van der Waals surface area contributed by atoms with Crippen LogP contribution in [0.15, 0.2) is 42.5 Å². The summed E-state index contributed by atoms with van der Waals surface area (Å²) in [6.45, 7) is 0.549. The molecule has 134 valence electrons. The summed E-state index contributed by atoms with van der Waals surface area (Å²) in [6, 6.07) is 12.0. The molecule has 1 spiro atoms. The highest BCUT2D eigenvalue weighted by atomic mass is 19.2. The Morgan fingerprint density at radius 2 is 1.92 bits per heavy atom. The van der Waals surface area contributed by atoms with Gasteiger partial charge in [0.15, 0.2) is 11.6 Å². The number of carbonyl (C=O) groups is 1. The van der Waals surface area contributed by atoms with E-state index < -0.39 is 17.3 Å². The van der Waals surface area contributed by atoms with E-state index in [2.05, 4.69) is 15.5 Å². The number of carbonyl (C=O) groups excluding carboxylic acids is 1. The fourth-order valence-electron chi connectivity index (χ4n) is 4.88. The molecule has 3 atom stereocenters. The van der Waals surface area contributed by atoms with E-state index in [-0.39, 0.29) is 11.9 Å². The molecule has 0 saturated carbocycles. The normalized spacial score (nSPS) is 29.5. The van der Waals surface area contributed by atoms with Gasteiger partial charge in [-0.1, -0.05) is 18.2 Å². The molecule has 2 aromatic rings. The van der Waals surface area contributed by atoms with Crippen LogP contribution in [0.4, 0.5) is 14.5 Å². The maximum absolute atomic E-state index is 13.6. The van der Waals surface area contributed by atoms with E-state index in [0.29, 0.717) is 18.2 Å². The molecule has 3 heterocycles. The Bertz CT molecular complexity index is 902. The number of hydrogen-bond acceptors (Lipinski definition) is 3. The lowest BCUT2D eigenvalue weighted by Gasteiger charge is -2.43. The molecule has 6 heteroatoms. The first-order valence-electron chi connectivity index (χ1n) is 8.95. The number of halogens is 2. The van der Waals surface area contributed by atoms with Crippen molar-refractivity contribution in [3.63, 3.8) is 0 Å². The maximum atomic E-state index is 13.6. The maximum Gasteiger partial charge on any atom is 0.255 e. The van der Waals surface area contributed by atoms with Crippen molar-refractivity contribution in [2.24, 2.45) is 0 Å². The molecule has 2 saturated heterocycles. The first kappa shape index (κ1) is 15.8. The van der Waals surface area contributed by atoms with Crippen molar-refractivity contribution < 1.29 is 13.6 Å². The summed E-state index contributed by atoms with van der Waals surface area (Å²) >= 11 is 0. The standard InChI is InChI=1S/C20H19F2N3O/c21-15-7-5-12(9-16(15)22)11-25-13-6-8-18(25)20(10-13)23-17-4-2-1-3-14(17)19(26)24-20/h1-5,7,9,13,18,23H,6,8,10-11H2,(H,24,26)/t13-,18-,20-/m0/s1. The average Bonchev–Trinajstić information content (AvgIpc) is 3.12. The van der Waals surface area contributed by atoms with Crippen LogP contribution in [0.1, 0.15) is 35.2 Å². The molecule has 0 aromatic heterocycles. The molecule has 3 aliphatic rings. The van der Waals surface area contributed by atoms with Crippen molar-refractivity contribution in [2.75, 3.05) is 5.32 Å². The topological polar surface area (TPSA) is 44.4 Å². The zero-order valence-corrected chi connectivity index (χ0v) is 14.1. The van der Waals surface area contributed by atoms with Crippen molar-refractivity contribution in [3.8, 4) is 0 Å². The van der Waals surface area contributed by atoms with Gasteiger partial charge in [0.25, 0.3) is 5.91 Å². The van der Waals surface area contributed by atoms with E-state index in [9.17, 15) is 13.6 Å². The van der Waals surface area contributed by atoms with Crippen LogP contribution in [0, 0.1) is 11.6 Å². The summed E-state index contributed by atoms with van der Waals surface area (Å²) in [6.07, 6.45) is 2.82. The van der Waals surface area contributed by atoms with Crippen molar-refractivity contribution in [3.05, 3.63) is 65.2 Å².